The molecule has 4 rings (SSSR count). The van der Waals surface area contributed by atoms with Gasteiger partial charge in [0.15, 0.2) is 0 Å². The van der Waals surface area contributed by atoms with Gasteiger partial charge in [0.25, 0.3) is 0 Å². The first-order chi connectivity index (χ1) is 11.9. The minimum absolute atomic E-state index is 0.0820. The van der Waals surface area contributed by atoms with Gasteiger partial charge in [0.2, 0.25) is 0 Å². The second-order valence-electron chi connectivity index (χ2n) is 9.82. The Kier molecular flexibility index (Phi) is 4.34. The molecule has 26 heavy (non-hydrogen) atoms. The van der Waals surface area contributed by atoms with Crippen LogP contribution < -0.4 is 0 Å². The fraction of sp³-hybridized carbons (Fsp3) is 0.810. The van der Waals surface area contributed by atoms with Gasteiger partial charge in [0.05, 0.1) is 5.60 Å². The Morgan fingerprint density at radius 3 is 2.15 bits per heavy atom. The van der Waals surface area contributed by atoms with E-state index in [-0.39, 0.29) is 11.9 Å². The van der Waals surface area contributed by atoms with E-state index in [4.69, 9.17) is 9.47 Å². The molecule has 4 fully saturated rings. The molecule has 0 saturated heterocycles. The van der Waals surface area contributed by atoms with Crippen molar-refractivity contribution in [1.82, 2.24) is 0 Å². The van der Waals surface area contributed by atoms with Crippen molar-refractivity contribution in [2.75, 3.05) is 0 Å². The maximum Gasteiger partial charge on any atom is 0.330 e. The Bertz CT molecular complexity index is 618. The molecule has 0 aromatic heterocycles. The molecule has 5 nitrogen and oxygen atoms in total. The van der Waals surface area contributed by atoms with Gasteiger partial charge in [-0.3, -0.25) is 4.79 Å². The first-order valence-electron chi connectivity index (χ1n) is 9.66. The predicted molar refractivity (Wildman–Crippen MR) is 97.2 cm³/mol. The second kappa shape index (κ2) is 5.82. The second-order valence-corrected chi connectivity index (χ2v) is 9.82. The van der Waals surface area contributed by atoms with Gasteiger partial charge in [-0.1, -0.05) is 13.5 Å². The van der Waals surface area contributed by atoms with Crippen molar-refractivity contribution in [2.24, 2.45) is 23.2 Å². The molecule has 0 radical (unpaired) electrons. The number of carbonyl (C=O) groups excluding carboxylic acids is 2. The van der Waals surface area contributed by atoms with Crippen LogP contribution in [-0.2, 0) is 19.1 Å². The fourth-order valence-electron chi connectivity index (χ4n) is 5.44. The maximum atomic E-state index is 13.2. The zero-order valence-electron chi connectivity index (χ0n) is 16.6. The molecule has 5 heteroatoms. The quantitative estimate of drug-likeness (QED) is 0.598. The number of hydrogen-bond donors (Lipinski definition) is 1. The molecule has 4 saturated carbocycles. The lowest BCUT2D eigenvalue weighted by molar-refractivity contribution is -0.259. The van der Waals surface area contributed by atoms with E-state index in [1.54, 1.807) is 27.7 Å². The van der Waals surface area contributed by atoms with Crippen molar-refractivity contribution in [3.63, 3.8) is 0 Å². The highest BCUT2D eigenvalue weighted by Gasteiger charge is 2.64. The zero-order chi connectivity index (χ0) is 19.5. The van der Waals surface area contributed by atoms with Crippen LogP contribution in [0.2, 0.25) is 0 Å². The molecule has 0 spiro atoms. The molecule has 4 bridgehead atoms. The highest BCUT2D eigenvalue weighted by Crippen LogP contribution is 2.62. The summed E-state index contributed by atoms with van der Waals surface area (Å²) in [4.78, 5) is 24.9. The average Bonchev–Trinajstić information content (AvgIpc) is 2.50. The van der Waals surface area contributed by atoms with E-state index in [0.717, 1.165) is 38.2 Å². The lowest BCUT2D eigenvalue weighted by Crippen LogP contribution is -2.67. The first-order valence-corrected chi connectivity index (χ1v) is 9.66. The van der Waals surface area contributed by atoms with E-state index in [2.05, 4.69) is 6.58 Å². The minimum Gasteiger partial charge on any atom is -0.458 e. The largest absolute Gasteiger partial charge is 0.458 e. The molecule has 3 unspecified atom stereocenters. The van der Waals surface area contributed by atoms with Crippen LogP contribution in [0.5, 0.6) is 0 Å². The number of esters is 2. The SMILES string of the molecule is C=CC(=O)OC(C)(C)C(C)(C)C(=O)OC12CC3CC(CC(O)(C3)C1C)C2. The van der Waals surface area contributed by atoms with Gasteiger partial charge in [-0.15, -0.1) is 0 Å². The molecule has 0 heterocycles. The third-order valence-electron chi connectivity index (χ3n) is 7.65. The minimum atomic E-state index is -1.04. The number of aliphatic hydroxyl groups is 1. The van der Waals surface area contributed by atoms with Crippen molar-refractivity contribution < 1.29 is 24.2 Å². The molecule has 1 N–H and O–H groups in total. The Balaban J connectivity index is 1.82. The molecule has 0 amide bonds. The van der Waals surface area contributed by atoms with Gasteiger partial charge in [-0.2, -0.15) is 0 Å². The van der Waals surface area contributed by atoms with Gasteiger partial charge >= 0.3 is 11.9 Å². The van der Waals surface area contributed by atoms with Gasteiger partial charge in [-0.05, 0) is 71.6 Å². The van der Waals surface area contributed by atoms with Crippen LogP contribution in [0.15, 0.2) is 12.7 Å². The summed E-state index contributed by atoms with van der Waals surface area (Å²) in [6.07, 6.45) is 5.49. The number of ether oxygens (including phenoxy) is 2. The van der Waals surface area contributed by atoms with Gasteiger partial charge in [0.1, 0.15) is 16.6 Å². The summed E-state index contributed by atoms with van der Waals surface area (Å²) in [6, 6.07) is 0. The van der Waals surface area contributed by atoms with E-state index in [1.807, 2.05) is 6.92 Å². The van der Waals surface area contributed by atoms with Crippen molar-refractivity contribution in [2.45, 2.75) is 83.5 Å². The monoisotopic (exact) mass is 364 g/mol. The smallest absolute Gasteiger partial charge is 0.330 e. The van der Waals surface area contributed by atoms with Crippen LogP contribution in [0.4, 0.5) is 0 Å². The number of hydrogen-bond acceptors (Lipinski definition) is 5. The van der Waals surface area contributed by atoms with Crippen LogP contribution in [0, 0.1) is 23.2 Å². The summed E-state index contributed by atoms with van der Waals surface area (Å²) in [5.41, 5.74) is -3.40. The summed E-state index contributed by atoms with van der Waals surface area (Å²) in [5.74, 6) is -0.177. The lowest BCUT2D eigenvalue weighted by atomic mass is 9.48. The Hall–Kier alpha value is -1.36. The highest BCUT2D eigenvalue weighted by molar-refractivity contribution is 5.83. The van der Waals surface area contributed by atoms with Crippen molar-refractivity contribution in [3.05, 3.63) is 12.7 Å². The summed E-state index contributed by atoms with van der Waals surface area (Å²) >= 11 is 0. The van der Waals surface area contributed by atoms with Crippen LogP contribution in [0.3, 0.4) is 0 Å². The summed E-state index contributed by atoms with van der Waals surface area (Å²) in [5, 5.41) is 11.1. The fourth-order valence-corrected chi connectivity index (χ4v) is 5.44. The third kappa shape index (κ3) is 2.79. The van der Waals surface area contributed by atoms with Crippen LogP contribution in [0.1, 0.15) is 66.7 Å². The standard InChI is InChI=1S/C21H32O5/c1-7-16(22)25-19(5,6)18(3,4)17(23)26-21-11-14-8-15(12-21)10-20(24,9-14)13(21)2/h7,13-15,24H,1,8-12H2,2-6H3. The molecule has 146 valence electrons. The highest BCUT2D eigenvalue weighted by atomic mass is 16.6. The maximum absolute atomic E-state index is 13.2. The molecule has 4 aliphatic rings. The first kappa shape index (κ1) is 19.4. The van der Waals surface area contributed by atoms with Crippen molar-refractivity contribution in [1.29, 1.82) is 0 Å². The number of carbonyl (C=O) groups is 2. The average molecular weight is 364 g/mol. The molecular weight excluding hydrogens is 332 g/mol. The van der Waals surface area contributed by atoms with E-state index in [1.165, 1.54) is 0 Å². The third-order valence-corrected chi connectivity index (χ3v) is 7.65. The van der Waals surface area contributed by atoms with Gasteiger partial charge in [0, 0.05) is 12.0 Å². The van der Waals surface area contributed by atoms with E-state index in [9.17, 15) is 14.7 Å². The van der Waals surface area contributed by atoms with Crippen molar-refractivity contribution in [3.8, 4) is 0 Å². The van der Waals surface area contributed by atoms with E-state index >= 15 is 0 Å². The summed E-state index contributed by atoms with van der Waals surface area (Å²) < 4.78 is 11.6. The summed E-state index contributed by atoms with van der Waals surface area (Å²) in [6.45, 7) is 12.3. The van der Waals surface area contributed by atoms with E-state index < -0.39 is 28.2 Å². The molecule has 0 aromatic rings. The van der Waals surface area contributed by atoms with E-state index in [0.29, 0.717) is 11.8 Å². The Morgan fingerprint density at radius 2 is 1.65 bits per heavy atom. The van der Waals surface area contributed by atoms with Crippen molar-refractivity contribution >= 4 is 11.9 Å². The predicted octanol–water partition coefficient (Wildman–Crippen LogP) is 3.39. The van der Waals surface area contributed by atoms with Gasteiger partial charge < -0.3 is 14.6 Å². The van der Waals surface area contributed by atoms with Crippen LogP contribution in [-0.4, -0.2) is 33.8 Å². The molecular formula is C21H32O5. The summed E-state index contributed by atoms with van der Waals surface area (Å²) in [7, 11) is 0. The van der Waals surface area contributed by atoms with Gasteiger partial charge in [-0.25, -0.2) is 4.79 Å². The molecule has 3 atom stereocenters. The Labute approximate surface area is 156 Å². The van der Waals surface area contributed by atoms with Crippen LogP contribution in [0.25, 0.3) is 0 Å². The Morgan fingerprint density at radius 1 is 1.12 bits per heavy atom. The van der Waals surface area contributed by atoms with Crippen LogP contribution >= 0.6 is 0 Å². The lowest BCUT2D eigenvalue weighted by Gasteiger charge is -2.63. The molecule has 0 aromatic carbocycles. The number of rotatable bonds is 5. The molecule has 0 aliphatic heterocycles. The topological polar surface area (TPSA) is 72.8 Å². The molecule has 4 aliphatic carbocycles. The normalized spacial score (nSPS) is 38.8. The zero-order valence-corrected chi connectivity index (χ0v) is 16.6.